The standard InChI is InChI=1S/C18H25N5O2/c1-3-16-20-18(25-21-16)14(2)23-11-9-22(10-12-23)13-17(24)19-15-7-5-4-6-8-15/h4-8,14H,3,9-13H2,1-2H3,(H,19,24)/t14-/m0/s1. The van der Waals surface area contributed by atoms with Crippen LogP contribution in [-0.2, 0) is 11.2 Å². The van der Waals surface area contributed by atoms with Gasteiger partial charge in [-0.1, -0.05) is 30.3 Å². The van der Waals surface area contributed by atoms with Gasteiger partial charge in [0.2, 0.25) is 11.8 Å². The number of aromatic nitrogens is 2. The van der Waals surface area contributed by atoms with Crippen molar-refractivity contribution in [1.29, 1.82) is 0 Å². The molecular formula is C18H25N5O2. The minimum absolute atomic E-state index is 0.0252. The van der Waals surface area contributed by atoms with Gasteiger partial charge in [-0.25, -0.2) is 0 Å². The number of aryl methyl sites for hydroxylation is 1. The van der Waals surface area contributed by atoms with Crippen molar-refractivity contribution < 1.29 is 9.32 Å². The van der Waals surface area contributed by atoms with Gasteiger partial charge in [0.15, 0.2) is 5.82 Å². The van der Waals surface area contributed by atoms with Gasteiger partial charge in [-0.15, -0.1) is 0 Å². The average molecular weight is 343 g/mol. The van der Waals surface area contributed by atoms with E-state index in [0.29, 0.717) is 12.4 Å². The summed E-state index contributed by atoms with van der Waals surface area (Å²) in [6.07, 6.45) is 0.778. The van der Waals surface area contributed by atoms with Crippen LogP contribution in [0.5, 0.6) is 0 Å². The SMILES string of the molecule is CCc1noc([C@H](C)N2CCN(CC(=O)Nc3ccccc3)CC2)n1. The molecular weight excluding hydrogens is 318 g/mol. The van der Waals surface area contributed by atoms with Crippen LogP contribution in [0.2, 0.25) is 0 Å². The van der Waals surface area contributed by atoms with E-state index in [9.17, 15) is 4.79 Å². The Bertz CT molecular complexity index is 680. The zero-order valence-corrected chi connectivity index (χ0v) is 14.8. The second-order valence-corrected chi connectivity index (χ2v) is 6.30. The Morgan fingerprint density at radius 3 is 2.60 bits per heavy atom. The zero-order chi connectivity index (χ0) is 17.6. The van der Waals surface area contributed by atoms with Crippen molar-refractivity contribution in [3.8, 4) is 0 Å². The highest BCUT2D eigenvalue weighted by molar-refractivity contribution is 5.92. The number of nitrogens with one attached hydrogen (secondary N) is 1. The zero-order valence-electron chi connectivity index (χ0n) is 14.8. The Kier molecular flexibility index (Phi) is 5.78. The van der Waals surface area contributed by atoms with Crippen LogP contribution in [0.25, 0.3) is 0 Å². The van der Waals surface area contributed by atoms with Crippen molar-refractivity contribution in [2.75, 3.05) is 38.0 Å². The molecule has 1 saturated heterocycles. The van der Waals surface area contributed by atoms with Crippen LogP contribution in [0, 0.1) is 0 Å². The lowest BCUT2D eigenvalue weighted by Gasteiger charge is -2.36. The topological polar surface area (TPSA) is 74.5 Å². The molecule has 2 heterocycles. The summed E-state index contributed by atoms with van der Waals surface area (Å²) < 4.78 is 5.35. The Morgan fingerprint density at radius 1 is 1.24 bits per heavy atom. The largest absolute Gasteiger partial charge is 0.338 e. The van der Waals surface area contributed by atoms with E-state index in [1.165, 1.54) is 0 Å². The molecule has 134 valence electrons. The van der Waals surface area contributed by atoms with E-state index < -0.39 is 0 Å². The number of hydrogen-bond acceptors (Lipinski definition) is 6. The van der Waals surface area contributed by atoms with Crippen LogP contribution >= 0.6 is 0 Å². The number of nitrogens with zero attached hydrogens (tertiary/aromatic N) is 4. The van der Waals surface area contributed by atoms with Crippen LogP contribution < -0.4 is 5.32 Å². The predicted molar refractivity (Wildman–Crippen MR) is 95.2 cm³/mol. The molecule has 0 bridgehead atoms. The maximum Gasteiger partial charge on any atom is 0.243 e. The first-order chi connectivity index (χ1) is 12.2. The molecule has 2 aromatic rings. The summed E-state index contributed by atoms with van der Waals surface area (Å²) in [6.45, 7) is 7.97. The molecule has 1 aromatic carbocycles. The van der Waals surface area contributed by atoms with Crippen molar-refractivity contribution in [3.05, 3.63) is 42.0 Å². The third kappa shape index (κ3) is 4.64. The van der Waals surface area contributed by atoms with Gasteiger partial charge in [0.25, 0.3) is 0 Å². The van der Waals surface area contributed by atoms with E-state index in [4.69, 9.17) is 4.52 Å². The van der Waals surface area contributed by atoms with Gasteiger partial charge >= 0.3 is 0 Å². The molecule has 3 rings (SSSR count). The van der Waals surface area contributed by atoms with Gasteiger partial charge in [0.05, 0.1) is 12.6 Å². The lowest BCUT2D eigenvalue weighted by atomic mass is 10.2. The monoisotopic (exact) mass is 343 g/mol. The van der Waals surface area contributed by atoms with E-state index >= 15 is 0 Å². The van der Waals surface area contributed by atoms with Crippen LogP contribution in [0.1, 0.15) is 31.6 Å². The molecule has 0 unspecified atom stereocenters. The maximum atomic E-state index is 12.2. The average Bonchev–Trinajstić information content (AvgIpc) is 3.12. The van der Waals surface area contributed by atoms with Gasteiger partial charge in [-0.2, -0.15) is 4.98 Å². The molecule has 1 fully saturated rings. The number of rotatable bonds is 6. The van der Waals surface area contributed by atoms with E-state index in [-0.39, 0.29) is 11.9 Å². The van der Waals surface area contributed by atoms with Crippen molar-refractivity contribution in [2.45, 2.75) is 26.3 Å². The van der Waals surface area contributed by atoms with Gasteiger partial charge in [0, 0.05) is 38.3 Å². The maximum absolute atomic E-state index is 12.2. The van der Waals surface area contributed by atoms with Gasteiger partial charge in [0.1, 0.15) is 0 Å². The molecule has 0 spiro atoms. The lowest BCUT2D eigenvalue weighted by Crippen LogP contribution is -2.49. The smallest absolute Gasteiger partial charge is 0.243 e. The van der Waals surface area contributed by atoms with Crippen molar-refractivity contribution in [1.82, 2.24) is 19.9 Å². The van der Waals surface area contributed by atoms with E-state index in [1.54, 1.807) is 0 Å². The van der Waals surface area contributed by atoms with E-state index in [0.717, 1.165) is 44.1 Å². The van der Waals surface area contributed by atoms with Crippen LogP contribution in [0.4, 0.5) is 5.69 Å². The third-order valence-electron chi connectivity index (χ3n) is 4.54. The number of carbonyl (C=O) groups is 1. The molecule has 7 nitrogen and oxygen atoms in total. The predicted octanol–water partition coefficient (Wildman–Crippen LogP) is 1.95. The van der Waals surface area contributed by atoms with Gasteiger partial charge < -0.3 is 9.84 Å². The number of amides is 1. The first-order valence-electron chi connectivity index (χ1n) is 8.79. The fraction of sp³-hybridized carbons (Fsp3) is 0.500. The Morgan fingerprint density at radius 2 is 1.96 bits per heavy atom. The fourth-order valence-corrected chi connectivity index (χ4v) is 2.97. The minimum Gasteiger partial charge on any atom is -0.338 e. The summed E-state index contributed by atoms with van der Waals surface area (Å²) in [5.41, 5.74) is 0.836. The van der Waals surface area contributed by atoms with Crippen LogP contribution in [-0.4, -0.2) is 58.6 Å². The Hall–Kier alpha value is -2.25. The molecule has 1 amide bonds. The summed E-state index contributed by atoms with van der Waals surface area (Å²) in [4.78, 5) is 21.1. The summed E-state index contributed by atoms with van der Waals surface area (Å²) in [7, 11) is 0. The minimum atomic E-state index is 0.0252. The van der Waals surface area contributed by atoms with Crippen molar-refractivity contribution >= 4 is 11.6 Å². The normalized spacial score (nSPS) is 17.4. The van der Waals surface area contributed by atoms with Gasteiger partial charge in [-0.05, 0) is 19.1 Å². The molecule has 1 aliphatic heterocycles. The number of benzene rings is 1. The number of hydrogen-bond donors (Lipinski definition) is 1. The highest BCUT2D eigenvalue weighted by atomic mass is 16.5. The van der Waals surface area contributed by atoms with Crippen LogP contribution in [0.15, 0.2) is 34.9 Å². The molecule has 1 aliphatic rings. The van der Waals surface area contributed by atoms with Crippen molar-refractivity contribution in [2.24, 2.45) is 0 Å². The van der Waals surface area contributed by atoms with Gasteiger partial charge in [-0.3, -0.25) is 14.6 Å². The van der Waals surface area contributed by atoms with Crippen LogP contribution in [0.3, 0.4) is 0 Å². The summed E-state index contributed by atoms with van der Waals surface area (Å²) in [6, 6.07) is 9.66. The highest BCUT2D eigenvalue weighted by Crippen LogP contribution is 2.20. The second kappa shape index (κ2) is 8.22. The summed E-state index contributed by atoms with van der Waals surface area (Å²) >= 11 is 0. The number of anilines is 1. The Labute approximate surface area is 148 Å². The first-order valence-corrected chi connectivity index (χ1v) is 8.79. The van der Waals surface area contributed by atoms with E-state index in [2.05, 4.69) is 32.2 Å². The summed E-state index contributed by atoms with van der Waals surface area (Å²) in [5.74, 6) is 1.45. The molecule has 1 N–H and O–H groups in total. The lowest BCUT2D eigenvalue weighted by molar-refractivity contribution is -0.117. The Balaban J connectivity index is 1.46. The number of piperazine rings is 1. The molecule has 25 heavy (non-hydrogen) atoms. The highest BCUT2D eigenvalue weighted by Gasteiger charge is 2.26. The molecule has 1 atom stereocenters. The number of para-hydroxylation sites is 1. The molecule has 0 radical (unpaired) electrons. The summed E-state index contributed by atoms with van der Waals surface area (Å²) in [5, 5.41) is 6.90. The van der Waals surface area contributed by atoms with Crippen molar-refractivity contribution in [3.63, 3.8) is 0 Å². The number of carbonyl (C=O) groups excluding carboxylic acids is 1. The quantitative estimate of drug-likeness (QED) is 0.864. The fourth-order valence-electron chi connectivity index (χ4n) is 2.97. The molecule has 1 aromatic heterocycles. The molecule has 0 saturated carbocycles. The second-order valence-electron chi connectivity index (χ2n) is 6.30. The third-order valence-corrected chi connectivity index (χ3v) is 4.54. The first kappa shape index (κ1) is 17.6. The molecule has 0 aliphatic carbocycles. The van der Waals surface area contributed by atoms with E-state index in [1.807, 2.05) is 37.3 Å². The molecule has 7 heteroatoms.